The van der Waals surface area contributed by atoms with Gasteiger partial charge in [-0.2, -0.15) is 0 Å². The minimum absolute atomic E-state index is 0. The van der Waals surface area contributed by atoms with Gasteiger partial charge in [-0.15, -0.1) is 0 Å². The molecule has 0 fully saturated rings. The number of aliphatic hydroxyl groups excluding tert-OH is 2. The van der Waals surface area contributed by atoms with Gasteiger partial charge >= 0.3 is 0 Å². The molecule has 0 heterocycles. The average molecular weight is 122 g/mol. The van der Waals surface area contributed by atoms with E-state index >= 15 is 0 Å². The molecule has 0 aromatic rings. The van der Waals surface area contributed by atoms with Crippen LogP contribution in [-0.4, -0.2) is 82.0 Å². The first-order valence-corrected chi connectivity index (χ1v) is 1.56. The van der Waals surface area contributed by atoms with Crippen LogP contribution in [0.5, 0.6) is 0 Å². The number of rotatable bonds is 1. The van der Waals surface area contributed by atoms with E-state index in [1.165, 1.54) is 6.92 Å². The summed E-state index contributed by atoms with van der Waals surface area (Å²) in [6, 6.07) is 0. The van der Waals surface area contributed by atoms with Crippen LogP contribution in [0.4, 0.5) is 0 Å². The van der Waals surface area contributed by atoms with Gasteiger partial charge in [0.25, 0.3) is 0 Å². The van der Waals surface area contributed by atoms with Gasteiger partial charge in [0.2, 0.25) is 0 Å². The molecule has 0 aliphatic rings. The van der Waals surface area contributed by atoms with Gasteiger partial charge in [-0.05, 0) is 6.92 Å². The molecule has 0 saturated carbocycles. The third kappa shape index (κ3) is 18.1. The molecule has 2 N–H and O–H groups in total. The predicted molar refractivity (Wildman–Crippen MR) is 30.3 cm³/mol. The van der Waals surface area contributed by atoms with Gasteiger partial charge in [0.05, 0.1) is 12.7 Å². The summed E-state index contributed by atoms with van der Waals surface area (Å²) in [7, 11) is 0. The van der Waals surface area contributed by atoms with Crippen molar-refractivity contribution in [3.05, 3.63) is 0 Å². The van der Waals surface area contributed by atoms with Crippen LogP contribution in [0.3, 0.4) is 0 Å². The van der Waals surface area contributed by atoms with Crippen molar-refractivity contribution < 1.29 is 10.2 Å². The molecule has 0 spiro atoms. The van der Waals surface area contributed by atoms with Gasteiger partial charge in [-0.25, -0.2) is 0 Å². The Morgan fingerprint density at radius 1 is 1.43 bits per heavy atom. The molecule has 1 unspecified atom stereocenters. The summed E-state index contributed by atoms with van der Waals surface area (Å²) in [5, 5.41) is 16.0. The molecule has 34 valence electrons. The maximum absolute atomic E-state index is 8.11. The monoisotopic (exact) mass is 122 g/mol. The van der Waals surface area contributed by atoms with E-state index in [1.807, 2.05) is 0 Å². The summed E-state index contributed by atoms with van der Waals surface area (Å²) < 4.78 is 0. The first-order chi connectivity index (χ1) is 2.27. The summed E-state index contributed by atoms with van der Waals surface area (Å²) in [6.45, 7) is 1.39. The Kier molecular flexibility index (Phi) is 24.7. The molecule has 1 atom stereocenters. The van der Waals surface area contributed by atoms with Crippen molar-refractivity contribution in [1.29, 1.82) is 0 Å². The minimum atomic E-state index is -0.560. The molecule has 2 nitrogen and oxygen atoms in total. The SMILES string of the molecule is CC(O)CO.[Na].[Na]. The molecule has 7 heavy (non-hydrogen) atoms. The molecule has 0 saturated heterocycles. The Morgan fingerprint density at radius 3 is 1.57 bits per heavy atom. The zero-order chi connectivity index (χ0) is 4.28. The van der Waals surface area contributed by atoms with Crippen LogP contribution in [0.15, 0.2) is 0 Å². The van der Waals surface area contributed by atoms with Crippen LogP contribution < -0.4 is 0 Å². The summed E-state index contributed by atoms with van der Waals surface area (Å²) in [5.74, 6) is 0. The van der Waals surface area contributed by atoms with Crippen molar-refractivity contribution in [3.8, 4) is 0 Å². The Hall–Kier alpha value is 1.92. The predicted octanol–water partition coefficient (Wildman–Crippen LogP) is -1.40. The molecule has 0 aliphatic carbocycles. The summed E-state index contributed by atoms with van der Waals surface area (Å²) in [4.78, 5) is 0. The first kappa shape index (κ1) is 16.0. The number of hydrogen-bond acceptors (Lipinski definition) is 2. The Morgan fingerprint density at radius 2 is 1.57 bits per heavy atom. The second kappa shape index (κ2) is 10.8. The molecule has 0 aliphatic heterocycles. The second-order valence-corrected chi connectivity index (χ2v) is 1.03. The first-order valence-electron chi connectivity index (χ1n) is 1.56. The van der Waals surface area contributed by atoms with Crippen molar-refractivity contribution in [3.63, 3.8) is 0 Å². The van der Waals surface area contributed by atoms with Gasteiger partial charge in [-0.3, -0.25) is 0 Å². The maximum Gasteiger partial charge on any atom is 0.0742 e. The van der Waals surface area contributed by atoms with E-state index in [4.69, 9.17) is 10.2 Å². The molecule has 0 amide bonds. The van der Waals surface area contributed by atoms with Gasteiger partial charge < -0.3 is 10.2 Å². The molecule has 0 aromatic heterocycles. The fraction of sp³-hybridized carbons (Fsp3) is 1.00. The fourth-order valence-corrected chi connectivity index (χ4v) is 0. The van der Waals surface area contributed by atoms with Gasteiger partial charge in [0, 0.05) is 59.1 Å². The smallest absolute Gasteiger partial charge is 0.0742 e. The zero-order valence-corrected chi connectivity index (χ0v) is 9.18. The van der Waals surface area contributed by atoms with E-state index in [0.717, 1.165) is 0 Å². The van der Waals surface area contributed by atoms with Gasteiger partial charge in [0.1, 0.15) is 0 Å². The quantitative estimate of drug-likeness (QED) is 0.420. The standard InChI is InChI=1S/C3H8O2.2Na/c1-3(5)2-4;;/h3-5H,2H2,1H3;;. The van der Waals surface area contributed by atoms with Crippen molar-refractivity contribution in [2.24, 2.45) is 0 Å². The third-order valence-corrected chi connectivity index (χ3v) is 0.264. The van der Waals surface area contributed by atoms with Crippen LogP contribution >= 0.6 is 0 Å². The largest absolute Gasteiger partial charge is 0.394 e. The van der Waals surface area contributed by atoms with Crippen LogP contribution in [0.1, 0.15) is 6.92 Å². The maximum atomic E-state index is 8.11. The van der Waals surface area contributed by atoms with E-state index in [1.54, 1.807) is 0 Å². The van der Waals surface area contributed by atoms with E-state index in [9.17, 15) is 0 Å². The van der Waals surface area contributed by atoms with E-state index < -0.39 is 6.10 Å². The van der Waals surface area contributed by atoms with Crippen molar-refractivity contribution in [1.82, 2.24) is 0 Å². The topological polar surface area (TPSA) is 40.5 Å². The molecule has 0 bridgehead atoms. The molecule has 2 radical (unpaired) electrons. The number of aliphatic hydroxyl groups is 2. The van der Waals surface area contributed by atoms with Crippen LogP contribution in [0.25, 0.3) is 0 Å². The second-order valence-electron chi connectivity index (χ2n) is 1.03. The van der Waals surface area contributed by atoms with Crippen LogP contribution in [0, 0.1) is 0 Å². The molecular formula is C3H8Na2O2. The summed E-state index contributed by atoms with van der Waals surface area (Å²) in [6.07, 6.45) is -0.560. The Balaban J connectivity index is -0.0000000800. The fourth-order valence-electron chi connectivity index (χ4n) is 0. The molecule has 0 rings (SSSR count). The van der Waals surface area contributed by atoms with E-state index in [2.05, 4.69) is 0 Å². The molecule has 0 aromatic carbocycles. The third-order valence-electron chi connectivity index (χ3n) is 0.264. The van der Waals surface area contributed by atoms with E-state index in [-0.39, 0.29) is 65.7 Å². The average Bonchev–Trinajstić information content (AvgIpc) is 1.38. The van der Waals surface area contributed by atoms with Crippen LogP contribution in [-0.2, 0) is 0 Å². The van der Waals surface area contributed by atoms with E-state index in [0.29, 0.717) is 0 Å². The summed E-state index contributed by atoms with van der Waals surface area (Å²) >= 11 is 0. The van der Waals surface area contributed by atoms with Crippen molar-refractivity contribution in [2.75, 3.05) is 6.61 Å². The number of hydrogen-bond donors (Lipinski definition) is 2. The molecule has 4 heteroatoms. The van der Waals surface area contributed by atoms with Crippen molar-refractivity contribution in [2.45, 2.75) is 13.0 Å². The van der Waals surface area contributed by atoms with Gasteiger partial charge in [-0.1, -0.05) is 0 Å². The Labute approximate surface area is 87.9 Å². The normalized spacial score (nSPS) is 10.7. The minimum Gasteiger partial charge on any atom is -0.394 e. The molecular weight excluding hydrogens is 114 g/mol. The van der Waals surface area contributed by atoms with Crippen molar-refractivity contribution >= 4 is 59.1 Å². The van der Waals surface area contributed by atoms with Gasteiger partial charge in [0.15, 0.2) is 0 Å². The Bertz CT molecular complexity index is 24.9. The summed E-state index contributed by atoms with van der Waals surface area (Å²) in [5.41, 5.74) is 0. The zero-order valence-electron chi connectivity index (χ0n) is 5.18. The van der Waals surface area contributed by atoms with Crippen LogP contribution in [0.2, 0.25) is 0 Å².